The Kier molecular flexibility index (Phi) is 7.15. The van der Waals surface area contributed by atoms with Crippen LogP contribution in [0.2, 0.25) is 0 Å². The van der Waals surface area contributed by atoms with Crippen molar-refractivity contribution < 1.29 is 9.47 Å². The van der Waals surface area contributed by atoms with Crippen molar-refractivity contribution >= 4 is 21.6 Å². The van der Waals surface area contributed by atoms with Crippen LogP contribution in [0.3, 0.4) is 0 Å². The molecule has 204 valence electrons. The molecule has 0 saturated heterocycles. The van der Waals surface area contributed by atoms with Crippen molar-refractivity contribution in [3.05, 3.63) is 145 Å². The summed E-state index contributed by atoms with van der Waals surface area (Å²) in [5, 5.41) is 5.76. The van der Waals surface area contributed by atoms with Crippen LogP contribution in [0, 0.1) is 0 Å². The van der Waals surface area contributed by atoms with Gasteiger partial charge in [0.15, 0.2) is 11.5 Å². The first-order valence-electron chi connectivity index (χ1n) is 13.7. The summed E-state index contributed by atoms with van der Waals surface area (Å²) in [6.45, 7) is 0.859. The molecule has 0 aliphatic rings. The molecule has 0 atom stereocenters. The van der Waals surface area contributed by atoms with Gasteiger partial charge in [0.25, 0.3) is 0 Å². The number of fused-ring (bicyclic) bond motifs is 1. The lowest BCUT2D eigenvalue weighted by Gasteiger charge is -2.15. The fourth-order valence-corrected chi connectivity index (χ4v) is 5.62. The van der Waals surface area contributed by atoms with E-state index in [0.29, 0.717) is 24.7 Å². The van der Waals surface area contributed by atoms with E-state index in [4.69, 9.17) is 19.6 Å². The summed E-state index contributed by atoms with van der Waals surface area (Å²) in [5.41, 5.74) is 6.48. The second-order valence-corrected chi connectivity index (χ2v) is 10.7. The highest BCUT2D eigenvalue weighted by Crippen LogP contribution is 2.37. The van der Waals surface area contributed by atoms with Gasteiger partial charge in [-0.05, 0) is 59.7 Å². The third kappa shape index (κ3) is 5.50. The van der Waals surface area contributed by atoms with Crippen LogP contribution in [0.25, 0.3) is 38.0 Å². The van der Waals surface area contributed by atoms with Gasteiger partial charge in [-0.15, -0.1) is 0 Å². The van der Waals surface area contributed by atoms with Crippen LogP contribution >= 0.6 is 11.3 Å². The van der Waals surface area contributed by atoms with Gasteiger partial charge < -0.3 is 9.47 Å². The number of pyridine rings is 1. The Balaban J connectivity index is 1.30. The molecule has 0 spiro atoms. The molecule has 3 aromatic heterocycles. The molecule has 3 heterocycles. The Bertz CT molecular complexity index is 1900. The lowest BCUT2D eigenvalue weighted by atomic mass is 10.1. The summed E-state index contributed by atoms with van der Waals surface area (Å²) in [7, 11) is 0. The van der Waals surface area contributed by atoms with Gasteiger partial charge in [-0.3, -0.25) is 4.98 Å². The fraction of sp³-hybridized carbons (Fsp3) is 0.0571. The molecule has 0 aliphatic carbocycles. The maximum atomic E-state index is 6.38. The summed E-state index contributed by atoms with van der Waals surface area (Å²) in [5.74, 6) is 1.33. The summed E-state index contributed by atoms with van der Waals surface area (Å²) in [6, 6.07) is 42.3. The minimum absolute atomic E-state index is 0.419. The largest absolute Gasteiger partial charge is 0.485 e. The minimum atomic E-state index is 0.419. The maximum Gasteiger partial charge on any atom is 0.212 e. The number of benzene rings is 4. The van der Waals surface area contributed by atoms with E-state index in [9.17, 15) is 0 Å². The topological polar surface area (TPSA) is 62.1 Å². The number of para-hydroxylation sites is 1. The Morgan fingerprint density at radius 3 is 2.02 bits per heavy atom. The normalized spacial score (nSPS) is 11.0. The van der Waals surface area contributed by atoms with Crippen molar-refractivity contribution in [2.75, 3.05) is 0 Å². The van der Waals surface area contributed by atoms with Crippen molar-refractivity contribution in [2.45, 2.75) is 13.2 Å². The van der Waals surface area contributed by atoms with Crippen LogP contribution in [0.1, 0.15) is 11.1 Å². The molecule has 0 saturated carbocycles. The van der Waals surface area contributed by atoms with E-state index in [-0.39, 0.29) is 0 Å². The predicted octanol–water partition coefficient (Wildman–Crippen LogP) is 8.37. The van der Waals surface area contributed by atoms with Gasteiger partial charge in [-0.25, -0.2) is 9.67 Å². The number of nitrogens with zero attached hydrogens (tertiary/aromatic N) is 4. The van der Waals surface area contributed by atoms with Crippen LogP contribution in [0.4, 0.5) is 0 Å². The van der Waals surface area contributed by atoms with E-state index >= 15 is 0 Å². The third-order valence-electron chi connectivity index (χ3n) is 6.81. The first kappa shape index (κ1) is 25.7. The smallest absolute Gasteiger partial charge is 0.212 e. The average molecular weight is 567 g/mol. The van der Waals surface area contributed by atoms with Crippen LogP contribution in [0.5, 0.6) is 11.5 Å². The molecule has 0 aliphatic heterocycles. The van der Waals surface area contributed by atoms with Crippen molar-refractivity contribution in [2.24, 2.45) is 0 Å². The van der Waals surface area contributed by atoms with Gasteiger partial charge in [0.1, 0.15) is 18.9 Å². The van der Waals surface area contributed by atoms with Crippen molar-refractivity contribution in [3.63, 3.8) is 0 Å². The van der Waals surface area contributed by atoms with E-state index in [0.717, 1.165) is 49.1 Å². The van der Waals surface area contributed by atoms with E-state index in [1.165, 1.54) is 0 Å². The summed E-state index contributed by atoms with van der Waals surface area (Å²) in [4.78, 5) is 9.44. The van der Waals surface area contributed by atoms with Crippen LogP contribution in [-0.4, -0.2) is 19.7 Å². The van der Waals surface area contributed by atoms with Crippen molar-refractivity contribution in [3.8, 4) is 39.3 Å². The average Bonchev–Trinajstić information content (AvgIpc) is 3.70. The summed E-state index contributed by atoms with van der Waals surface area (Å²) >= 11 is 1.60. The Labute approximate surface area is 247 Å². The van der Waals surface area contributed by atoms with E-state index < -0.39 is 0 Å². The molecular formula is C35H26N4O2S. The number of aromatic nitrogens is 4. The SMILES string of the molecule is c1ccc(COc2ccc(-c3cc(-c4ccccn4)nn3-c3nc4ccccc4s3)cc2OCc2ccccc2)cc1. The zero-order chi connectivity index (χ0) is 28.1. The zero-order valence-electron chi connectivity index (χ0n) is 22.6. The van der Waals surface area contributed by atoms with E-state index in [1.54, 1.807) is 17.5 Å². The molecule has 0 radical (unpaired) electrons. The molecule has 7 aromatic rings. The zero-order valence-corrected chi connectivity index (χ0v) is 23.4. The number of hydrogen-bond donors (Lipinski definition) is 0. The van der Waals surface area contributed by atoms with Crippen LogP contribution < -0.4 is 9.47 Å². The van der Waals surface area contributed by atoms with Gasteiger partial charge in [0.2, 0.25) is 5.13 Å². The highest BCUT2D eigenvalue weighted by atomic mass is 32.1. The first-order valence-corrected chi connectivity index (χ1v) is 14.5. The van der Waals surface area contributed by atoms with Crippen molar-refractivity contribution in [1.29, 1.82) is 0 Å². The van der Waals surface area contributed by atoms with Crippen LogP contribution in [-0.2, 0) is 13.2 Å². The third-order valence-corrected chi connectivity index (χ3v) is 7.83. The number of rotatable bonds is 9. The first-order chi connectivity index (χ1) is 20.8. The molecular weight excluding hydrogens is 540 g/mol. The van der Waals surface area contributed by atoms with Crippen molar-refractivity contribution in [1.82, 2.24) is 19.7 Å². The second-order valence-electron chi connectivity index (χ2n) is 9.72. The van der Waals surface area contributed by atoms with Gasteiger partial charge in [0.05, 0.1) is 21.6 Å². The van der Waals surface area contributed by atoms with Gasteiger partial charge >= 0.3 is 0 Å². The standard InChI is InChI=1S/C35H26N4O2S/c1-3-11-25(12-4-1)23-40-32-19-18-27(21-33(32)41-24-26-13-5-2-6-14-26)31-22-30(28-15-9-10-20-36-28)38-39(31)35-37-29-16-7-8-17-34(29)42-35/h1-22H,23-24H2. The Morgan fingerprint density at radius 2 is 1.31 bits per heavy atom. The summed E-state index contributed by atoms with van der Waals surface area (Å²) in [6.07, 6.45) is 1.78. The van der Waals surface area contributed by atoms with E-state index in [1.807, 2.05) is 95.7 Å². The molecule has 7 rings (SSSR count). The van der Waals surface area contributed by atoms with Gasteiger partial charge in [-0.1, -0.05) is 90.2 Å². The maximum absolute atomic E-state index is 6.38. The Hall–Kier alpha value is -5.27. The predicted molar refractivity (Wildman–Crippen MR) is 167 cm³/mol. The molecule has 0 N–H and O–H groups in total. The quantitative estimate of drug-likeness (QED) is 0.176. The molecule has 7 heteroatoms. The molecule has 42 heavy (non-hydrogen) atoms. The molecule has 4 aromatic carbocycles. The molecule has 0 fully saturated rings. The van der Waals surface area contributed by atoms with Gasteiger partial charge in [-0.2, -0.15) is 5.10 Å². The minimum Gasteiger partial charge on any atom is -0.485 e. The number of thiazole rings is 1. The summed E-state index contributed by atoms with van der Waals surface area (Å²) < 4.78 is 15.6. The lowest BCUT2D eigenvalue weighted by molar-refractivity contribution is 0.256. The number of hydrogen-bond acceptors (Lipinski definition) is 6. The van der Waals surface area contributed by atoms with Crippen LogP contribution in [0.15, 0.2) is 134 Å². The molecule has 0 bridgehead atoms. The molecule has 0 amide bonds. The second kappa shape index (κ2) is 11.7. The van der Waals surface area contributed by atoms with Gasteiger partial charge in [0, 0.05) is 11.8 Å². The monoisotopic (exact) mass is 566 g/mol. The lowest BCUT2D eigenvalue weighted by Crippen LogP contribution is -2.02. The Morgan fingerprint density at radius 1 is 0.619 bits per heavy atom. The molecule has 0 unspecified atom stereocenters. The highest BCUT2D eigenvalue weighted by molar-refractivity contribution is 7.20. The fourth-order valence-electron chi connectivity index (χ4n) is 4.69. The van der Waals surface area contributed by atoms with E-state index in [2.05, 4.69) is 41.4 Å². The number of ether oxygens (including phenoxy) is 2. The highest BCUT2D eigenvalue weighted by Gasteiger charge is 2.19. The molecule has 6 nitrogen and oxygen atoms in total.